The Bertz CT molecular complexity index is 1400. The maximum atomic E-state index is 6.38. The van der Waals surface area contributed by atoms with E-state index < -0.39 is 0 Å². The fourth-order valence-corrected chi connectivity index (χ4v) is 6.14. The zero-order chi connectivity index (χ0) is 26.2. The van der Waals surface area contributed by atoms with Crippen molar-refractivity contribution in [2.24, 2.45) is 11.8 Å². The van der Waals surface area contributed by atoms with Gasteiger partial charge in [0, 0.05) is 31.0 Å². The Morgan fingerprint density at radius 3 is 2.66 bits per heavy atom. The Morgan fingerprint density at radius 2 is 1.92 bits per heavy atom. The van der Waals surface area contributed by atoms with Crippen LogP contribution in [0.3, 0.4) is 0 Å². The lowest BCUT2D eigenvalue weighted by molar-refractivity contribution is 0.0217. The molecule has 0 unspecified atom stereocenters. The van der Waals surface area contributed by atoms with Crippen molar-refractivity contribution < 1.29 is 9.15 Å². The van der Waals surface area contributed by atoms with E-state index in [1.165, 1.54) is 32.1 Å². The molecule has 1 aliphatic carbocycles. The summed E-state index contributed by atoms with van der Waals surface area (Å²) in [5, 5.41) is 8.42. The summed E-state index contributed by atoms with van der Waals surface area (Å²) in [7, 11) is 0. The van der Waals surface area contributed by atoms with Gasteiger partial charge in [-0.05, 0) is 44.1 Å². The first-order valence-electron chi connectivity index (χ1n) is 13.6. The van der Waals surface area contributed by atoms with Crippen molar-refractivity contribution in [3.8, 4) is 23.0 Å². The van der Waals surface area contributed by atoms with E-state index in [1.54, 1.807) is 12.4 Å². The van der Waals surface area contributed by atoms with Gasteiger partial charge in [-0.2, -0.15) is 4.98 Å². The standard InChI is InChI=1S/C27H33ClN8O2/c1-4-21-17(3)37-10-9-35(21)27-33-24-23(36(27)14-18-7-5-16(2)6-8-18)22(19-11-20(28)13-29-12-19)31-25(32-24)26-34-30-15-38-26/h11-13,15-18,21H,4-10,14H2,1-3H3/t16?,17-,18?,21-/m1/s1. The molecule has 38 heavy (non-hydrogen) atoms. The number of hydrogen-bond acceptors (Lipinski definition) is 9. The average molecular weight is 537 g/mol. The number of pyridine rings is 1. The number of fused-ring (bicyclic) bond motifs is 1. The topological polar surface area (TPSA) is 108 Å². The van der Waals surface area contributed by atoms with Gasteiger partial charge in [-0.15, -0.1) is 10.2 Å². The molecule has 11 heteroatoms. The Labute approximate surface area is 226 Å². The minimum Gasteiger partial charge on any atom is -0.421 e. The molecule has 0 bridgehead atoms. The molecule has 2 atom stereocenters. The van der Waals surface area contributed by atoms with Crippen molar-refractivity contribution in [3.05, 3.63) is 29.9 Å². The number of halogens is 1. The maximum Gasteiger partial charge on any atom is 0.285 e. The summed E-state index contributed by atoms with van der Waals surface area (Å²) < 4.78 is 13.8. The predicted octanol–water partition coefficient (Wildman–Crippen LogP) is 5.42. The molecular weight excluding hydrogens is 504 g/mol. The fraction of sp³-hybridized carbons (Fsp3) is 0.556. The molecule has 5 heterocycles. The lowest BCUT2D eigenvalue weighted by Crippen LogP contribution is -2.51. The molecule has 0 spiro atoms. The summed E-state index contributed by atoms with van der Waals surface area (Å²) in [6.07, 6.45) is 10.6. The summed E-state index contributed by atoms with van der Waals surface area (Å²) in [4.78, 5) is 21.7. The van der Waals surface area contributed by atoms with Crippen LogP contribution in [0.15, 0.2) is 29.3 Å². The largest absolute Gasteiger partial charge is 0.421 e. The molecular formula is C27H33ClN8O2. The molecule has 0 aromatic carbocycles. The Kier molecular flexibility index (Phi) is 7.01. The van der Waals surface area contributed by atoms with Crippen LogP contribution < -0.4 is 4.90 Å². The van der Waals surface area contributed by atoms with Crippen LogP contribution in [0.2, 0.25) is 5.02 Å². The summed E-state index contributed by atoms with van der Waals surface area (Å²) in [6, 6.07) is 2.09. The summed E-state index contributed by atoms with van der Waals surface area (Å²) >= 11 is 6.38. The highest BCUT2D eigenvalue weighted by Gasteiger charge is 2.34. The van der Waals surface area contributed by atoms with Crippen LogP contribution in [0, 0.1) is 11.8 Å². The number of aromatic nitrogens is 7. The normalized spacial score (nSPS) is 24.3. The van der Waals surface area contributed by atoms with E-state index in [-0.39, 0.29) is 18.0 Å². The molecule has 0 amide bonds. The molecule has 0 radical (unpaired) electrons. The second-order valence-electron chi connectivity index (χ2n) is 10.6. The van der Waals surface area contributed by atoms with E-state index in [4.69, 9.17) is 35.7 Å². The number of morpholine rings is 1. The minimum atomic E-state index is 0.106. The van der Waals surface area contributed by atoms with Gasteiger partial charge in [0.1, 0.15) is 11.2 Å². The van der Waals surface area contributed by atoms with E-state index in [9.17, 15) is 0 Å². The number of ether oxygens (including phenoxy) is 1. The quantitative estimate of drug-likeness (QED) is 0.319. The van der Waals surface area contributed by atoms with Gasteiger partial charge in [0.15, 0.2) is 5.65 Å². The average Bonchev–Trinajstić information content (AvgIpc) is 3.58. The molecule has 4 aromatic heterocycles. The van der Waals surface area contributed by atoms with Crippen molar-refractivity contribution in [1.82, 2.24) is 34.7 Å². The highest BCUT2D eigenvalue weighted by Crippen LogP contribution is 2.37. The first-order chi connectivity index (χ1) is 18.5. The van der Waals surface area contributed by atoms with Crippen LogP contribution in [0.25, 0.3) is 34.1 Å². The first-order valence-corrected chi connectivity index (χ1v) is 13.9. The third kappa shape index (κ3) is 4.75. The van der Waals surface area contributed by atoms with E-state index in [2.05, 4.69) is 45.4 Å². The van der Waals surface area contributed by atoms with Crippen LogP contribution >= 0.6 is 11.6 Å². The number of hydrogen-bond donors (Lipinski definition) is 0. The molecule has 2 fully saturated rings. The Morgan fingerprint density at radius 1 is 1.08 bits per heavy atom. The van der Waals surface area contributed by atoms with Gasteiger partial charge in [-0.25, -0.2) is 9.97 Å². The van der Waals surface area contributed by atoms with Gasteiger partial charge in [0.25, 0.3) is 5.89 Å². The van der Waals surface area contributed by atoms with Crippen molar-refractivity contribution >= 4 is 28.7 Å². The summed E-state index contributed by atoms with van der Waals surface area (Å²) in [5.41, 5.74) is 2.96. The highest BCUT2D eigenvalue weighted by molar-refractivity contribution is 6.30. The van der Waals surface area contributed by atoms with Crippen LogP contribution in [-0.2, 0) is 11.3 Å². The predicted molar refractivity (Wildman–Crippen MR) is 145 cm³/mol. The van der Waals surface area contributed by atoms with Crippen LogP contribution in [0.5, 0.6) is 0 Å². The molecule has 6 rings (SSSR count). The van der Waals surface area contributed by atoms with Crippen molar-refractivity contribution in [2.45, 2.75) is 71.6 Å². The van der Waals surface area contributed by atoms with Gasteiger partial charge in [-0.1, -0.05) is 38.3 Å². The third-order valence-corrected chi connectivity index (χ3v) is 8.23. The van der Waals surface area contributed by atoms with Crippen LogP contribution in [-0.4, -0.2) is 60.0 Å². The zero-order valence-corrected chi connectivity index (χ0v) is 22.8. The SMILES string of the molecule is CC[C@@H]1[C@@H](C)OCCN1c1nc2nc(-c3nnco3)nc(-c3cncc(Cl)c3)c2n1CC1CCC(C)CC1. The smallest absolute Gasteiger partial charge is 0.285 e. The molecule has 2 aliphatic rings. The molecule has 200 valence electrons. The molecule has 1 aliphatic heterocycles. The van der Waals surface area contributed by atoms with E-state index in [1.807, 2.05) is 6.07 Å². The second-order valence-corrected chi connectivity index (χ2v) is 11.0. The van der Waals surface area contributed by atoms with Crippen molar-refractivity contribution in [2.75, 3.05) is 18.1 Å². The number of imidazole rings is 1. The Hall–Kier alpha value is -3.11. The summed E-state index contributed by atoms with van der Waals surface area (Å²) in [5.74, 6) is 2.82. The minimum absolute atomic E-state index is 0.106. The molecule has 1 saturated heterocycles. The lowest BCUT2D eigenvalue weighted by atomic mass is 9.83. The molecule has 1 saturated carbocycles. The number of anilines is 1. The maximum absolute atomic E-state index is 6.38. The van der Waals surface area contributed by atoms with Gasteiger partial charge in [0.05, 0.1) is 23.8 Å². The lowest BCUT2D eigenvalue weighted by Gasteiger charge is -2.40. The van der Waals surface area contributed by atoms with Gasteiger partial charge in [-0.3, -0.25) is 4.98 Å². The number of rotatable bonds is 6. The van der Waals surface area contributed by atoms with Gasteiger partial charge in [0.2, 0.25) is 18.2 Å². The monoisotopic (exact) mass is 536 g/mol. The van der Waals surface area contributed by atoms with E-state index >= 15 is 0 Å². The molecule has 10 nitrogen and oxygen atoms in total. The zero-order valence-electron chi connectivity index (χ0n) is 22.0. The van der Waals surface area contributed by atoms with Gasteiger partial charge >= 0.3 is 0 Å². The van der Waals surface area contributed by atoms with E-state index in [0.29, 0.717) is 34.7 Å². The van der Waals surface area contributed by atoms with Crippen LogP contribution in [0.4, 0.5) is 5.95 Å². The van der Waals surface area contributed by atoms with E-state index in [0.717, 1.165) is 42.5 Å². The second kappa shape index (κ2) is 10.6. The number of nitrogens with zero attached hydrogens (tertiary/aromatic N) is 8. The highest BCUT2D eigenvalue weighted by atomic mass is 35.5. The first kappa shape index (κ1) is 25.2. The molecule has 0 N–H and O–H groups in total. The van der Waals surface area contributed by atoms with Crippen LogP contribution in [0.1, 0.15) is 52.9 Å². The fourth-order valence-electron chi connectivity index (χ4n) is 5.96. The summed E-state index contributed by atoms with van der Waals surface area (Å²) in [6.45, 7) is 8.98. The van der Waals surface area contributed by atoms with Crippen molar-refractivity contribution in [1.29, 1.82) is 0 Å². The van der Waals surface area contributed by atoms with Crippen molar-refractivity contribution in [3.63, 3.8) is 0 Å². The Balaban J connectivity index is 1.57. The third-order valence-electron chi connectivity index (χ3n) is 8.02. The molecule has 4 aromatic rings. The van der Waals surface area contributed by atoms with Gasteiger partial charge < -0.3 is 18.6 Å².